The molecular formula is C10H15N3O4. The third-order valence-electron chi connectivity index (χ3n) is 2.18. The minimum absolute atomic E-state index is 0.0576. The zero-order valence-electron chi connectivity index (χ0n) is 9.45. The summed E-state index contributed by atoms with van der Waals surface area (Å²) in [4.78, 5) is 37.8. The summed E-state index contributed by atoms with van der Waals surface area (Å²) in [6, 6.07) is 0.882. The van der Waals surface area contributed by atoms with Gasteiger partial charge in [-0.2, -0.15) is 0 Å². The van der Waals surface area contributed by atoms with Gasteiger partial charge in [-0.05, 0) is 19.8 Å². The molecule has 1 amide bonds. The van der Waals surface area contributed by atoms with Crippen LogP contribution >= 0.6 is 0 Å². The third kappa shape index (κ3) is 4.23. The van der Waals surface area contributed by atoms with Crippen molar-refractivity contribution < 1.29 is 9.90 Å². The van der Waals surface area contributed by atoms with Crippen LogP contribution in [0.5, 0.6) is 0 Å². The van der Waals surface area contributed by atoms with Gasteiger partial charge in [0, 0.05) is 18.7 Å². The molecule has 0 saturated heterocycles. The third-order valence-corrected chi connectivity index (χ3v) is 2.18. The highest BCUT2D eigenvalue weighted by atomic mass is 16.3. The fourth-order valence-corrected chi connectivity index (χ4v) is 1.36. The number of aromatic amines is 2. The fraction of sp³-hybridized carbons (Fsp3) is 0.500. The van der Waals surface area contributed by atoms with Crippen molar-refractivity contribution in [3.05, 3.63) is 32.6 Å². The van der Waals surface area contributed by atoms with Crippen LogP contribution in [0.3, 0.4) is 0 Å². The molecule has 7 heteroatoms. The Morgan fingerprint density at radius 1 is 1.47 bits per heavy atom. The monoisotopic (exact) mass is 241 g/mol. The highest BCUT2D eigenvalue weighted by molar-refractivity contribution is 5.92. The molecule has 0 aliphatic carbocycles. The summed E-state index contributed by atoms with van der Waals surface area (Å²) in [5.41, 5.74) is -1.41. The van der Waals surface area contributed by atoms with Gasteiger partial charge in [-0.15, -0.1) is 0 Å². The van der Waals surface area contributed by atoms with Gasteiger partial charge < -0.3 is 15.4 Å². The number of aliphatic hydroxyl groups excluding tert-OH is 1. The topological polar surface area (TPSA) is 115 Å². The van der Waals surface area contributed by atoms with E-state index in [0.717, 1.165) is 6.07 Å². The Labute approximate surface area is 96.9 Å². The first-order valence-electron chi connectivity index (χ1n) is 5.28. The summed E-state index contributed by atoms with van der Waals surface area (Å²) in [6.07, 6.45) is 1.20. The zero-order chi connectivity index (χ0) is 12.8. The summed E-state index contributed by atoms with van der Waals surface area (Å²) < 4.78 is 0. The zero-order valence-corrected chi connectivity index (χ0v) is 9.45. The minimum atomic E-state index is -0.717. The quantitative estimate of drug-likeness (QED) is 0.526. The van der Waals surface area contributed by atoms with Gasteiger partial charge in [0.2, 0.25) is 0 Å². The van der Waals surface area contributed by atoms with Crippen molar-refractivity contribution in [3.8, 4) is 0 Å². The van der Waals surface area contributed by atoms with Crippen LogP contribution in [-0.2, 0) is 0 Å². The first kappa shape index (κ1) is 13.2. The summed E-state index contributed by atoms with van der Waals surface area (Å²) in [5.74, 6) is -0.515. The Kier molecular flexibility index (Phi) is 4.65. The van der Waals surface area contributed by atoms with E-state index < -0.39 is 17.2 Å². The highest BCUT2D eigenvalue weighted by Crippen LogP contribution is 1.96. The lowest BCUT2D eigenvalue weighted by molar-refractivity contribution is 0.0930. The second-order valence-corrected chi connectivity index (χ2v) is 3.74. The molecule has 1 atom stereocenters. The number of H-pyrrole nitrogens is 2. The molecule has 7 nitrogen and oxygen atoms in total. The van der Waals surface area contributed by atoms with E-state index in [-0.39, 0.29) is 18.3 Å². The predicted molar refractivity (Wildman–Crippen MR) is 60.9 cm³/mol. The van der Waals surface area contributed by atoms with E-state index >= 15 is 0 Å². The molecule has 1 unspecified atom stereocenters. The van der Waals surface area contributed by atoms with Gasteiger partial charge in [0.1, 0.15) is 5.69 Å². The van der Waals surface area contributed by atoms with E-state index in [1.54, 1.807) is 6.92 Å². The lowest BCUT2D eigenvalue weighted by Crippen LogP contribution is -2.36. The molecule has 0 aromatic carbocycles. The van der Waals surface area contributed by atoms with Crippen molar-refractivity contribution in [2.45, 2.75) is 25.8 Å². The molecule has 0 radical (unpaired) electrons. The molecule has 17 heavy (non-hydrogen) atoms. The van der Waals surface area contributed by atoms with Crippen LogP contribution in [0.15, 0.2) is 15.7 Å². The van der Waals surface area contributed by atoms with Crippen LogP contribution in [0.2, 0.25) is 0 Å². The van der Waals surface area contributed by atoms with Crippen LogP contribution in [0.25, 0.3) is 0 Å². The van der Waals surface area contributed by atoms with E-state index in [9.17, 15) is 14.4 Å². The van der Waals surface area contributed by atoms with Crippen molar-refractivity contribution in [1.82, 2.24) is 15.3 Å². The van der Waals surface area contributed by atoms with Gasteiger partial charge in [0.25, 0.3) is 11.5 Å². The predicted octanol–water partition coefficient (Wildman–Crippen LogP) is -1.05. The summed E-state index contributed by atoms with van der Waals surface area (Å²) >= 11 is 0. The van der Waals surface area contributed by atoms with E-state index in [4.69, 9.17) is 5.11 Å². The molecule has 1 rings (SSSR count). The maximum absolute atomic E-state index is 11.6. The number of aliphatic hydroxyl groups is 1. The normalized spacial score (nSPS) is 12.1. The average Bonchev–Trinajstić information content (AvgIpc) is 2.25. The van der Waals surface area contributed by atoms with Gasteiger partial charge in [-0.25, -0.2) is 4.79 Å². The Balaban J connectivity index is 2.70. The number of amides is 1. The van der Waals surface area contributed by atoms with Gasteiger partial charge in [0.05, 0.1) is 0 Å². The van der Waals surface area contributed by atoms with Gasteiger partial charge in [0.15, 0.2) is 0 Å². The van der Waals surface area contributed by atoms with Crippen molar-refractivity contribution in [1.29, 1.82) is 0 Å². The molecule has 0 fully saturated rings. The Morgan fingerprint density at radius 2 is 2.18 bits per heavy atom. The van der Waals surface area contributed by atoms with Crippen LogP contribution in [-0.4, -0.2) is 33.6 Å². The molecule has 94 valence electrons. The van der Waals surface area contributed by atoms with Gasteiger partial charge in [-0.3, -0.25) is 14.6 Å². The molecule has 0 bridgehead atoms. The number of nitrogens with one attached hydrogen (secondary N) is 3. The molecule has 0 saturated carbocycles. The number of rotatable bonds is 5. The summed E-state index contributed by atoms with van der Waals surface area (Å²) in [6.45, 7) is 1.83. The lowest BCUT2D eigenvalue weighted by Gasteiger charge is -2.12. The molecule has 1 aromatic heterocycles. The highest BCUT2D eigenvalue weighted by Gasteiger charge is 2.11. The molecule has 0 aliphatic rings. The number of carbonyl (C=O) groups excluding carboxylic acids is 1. The summed E-state index contributed by atoms with van der Waals surface area (Å²) in [5, 5.41) is 11.2. The summed E-state index contributed by atoms with van der Waals surface area (Å²) in [7, 11) is 0. The van der Waals surface area contributed by atoms with E-state index in [0.29, 0.717) is 12.8 Å². The van der Waals surface area contributed by atoms with E-state index in [2.05, 4.69) is 10.3 Å². The van der Waals surface area contributed by atoms with Gasteiger partial charge >= 0.3 is 5.69 Å². The largest absolute Gasteiger partial charge is 0.396 e. The van der Waals surface area contributed by atoms with Crippen molar-refractivity contribution in [2.24, 2.45) is 0 Å². The Bertz CT molecular complexity index is 463. The van der Waals surface area contributed by atoms with Gasteiger partial charge in [-0.1, -0.05) is 0 Å². The Morgan fingerprint density at radius 3 is 2.76 bits per heavy atom. The number of aromatic nitrogens is 2. The standard InChI is InChI=1S/C10H15N3O4/c1-6(3-2-4-14)11-9(16)7-5-8(15)13-10(17)12-7/h5-6,14H,2-4H2,1H3,(H,11,16)(H2,12,13,15,17). The number of carbonyl (C=O) groups is 1. The van der Waals surface area contributed by atoms with Crippen LogP contribution in [0.1, 0.15) is 30.3 Å². The second kappa shape index (κ2) is 6.00. The van der Waals surface area contributed by atoms with Crippen molar-refractivity contribution in [3.63, 3.8) is 0 Å². The van der Waals surface area contributed by atoms with Crippen LogP contribution in [0, 0.1) is 0 Å². The number of hydrogen-bond acceptors (Lipinski definition) is 4. The molecular weight excluding hydrogens is 226 g/mol. The van der Waals surface area contributed by atoms with E-state index in [1.165, 1.54) is 0 Å². The molecule has 4 N–H and O–H groups in total. The molecule has 1 aromatic rings. The smallest absolute Gasteiger partial charge is 0.326 e. The first-order valence-corrected chi connectivity index (χ1v) is 5.28. The average molecular weight is 241 g/mol. The maximum atomic E-state index is 11.6. The SMILES string of the molecule is CC(CCCO)NC(=O)c1cc(=O)[nH]c(=O)[nH]1. The van der Waals surface area contributed by atoms with Crippen LogP contribution < -0.4 is 16.6 Å². The first-order chi connectivity index (χ1) is 8.02. The van der Waals surface area contributed by atoms with Crippen molar-refractivity contribution in [2.75, 3.05) is 6.61 Å². The molecule has 0 spiro atoms. The Hall–Kier alpha value is -1.89. The van der Waals surface area contributed by atoms with E-state index in [1.807, 2.05) is 4.98 Å². The molecule has 1 heterocycles. The van der Waals surface area contributed by atoms with Crippen LogP contribution in [0.4, 0.5) is 0 Å². The fourth-order valence-electron chi connectivity index (χ4n) is 1.36. The number of hydrogen-bond donors (Lipinski definition) is 4. The minimum Gasteiger partial charge on any atom is -0.396 e. The second-order valence-electron chi connectivity index (χ2n) is 3.74. The van der Waals surface area contributed by atoms with Crippen molar-refractivity contribution >= 4 is 5.91 Å². The maximum Gasteiger partial charge on any atom is 0.326 e. The molecule has 0 aliphatic heterocycles. The lowest BCUT2D eigenvalue weighted by atomic mass is 10.2.